The molecule has 0 saturated heterocycles. The third-order valence-corrected chi connectivity index (χ3v) is 6.12. The molecule has 0 amide bonds. The minimum atomic E-state index is -3.63. The Morgan fingerprint density at radius 3 is 2.63 bits per heavy atom. The number of sulfonamides is 1. The topological polar surface area (TPSA) is 70.0 Å². The normalized spacial score (nSPS) is 11.0. The minimum absolute atomic E-state index is 0.129. The molecule has 1 aromatic carbocycles. The van der Waals surface area contributed by atoms with Crippen molar-refractivity contribution in [2.24, 2.45) is 0 Å². The molecule has 0 unspecified atom stereocenters. The lowest BCUT2D eigenvalue weighted by Crippen LogP contribution is -2.11. The van der Waals surface area contributed by atoms with Gasteiger partial charge in [0.15, 0.2) is 0 Å². The lowest BCUT2D eigenvalue weighted by Gasteiger charge is -2.07. The standard InChI is InChI=1S/C12H9BrN2O2S2/c1-8-6-9(2-4-11(8)13)15-19(16,17)12-5-3-10(7-14)18-12/h2-6,15H,1H3. The van der Waals surface area contributed by atoms with Gasteiger partial charge in [-0.15, -0.1) is 11.3 Å². The third-order valence-electron chi connectivity index (χ3n) is 2.37. The number of nitrogens with one attached hydrogen (secondary N) is 1. The summed E-state index contributed by atoms with van der Waals surface area (Å²) < 4.78 is 27.7. The highest BCUT2D eigenvalue weighted by Crippen LogP contribution is 2.25. The smallest absolute Gasteiger partial charge is 0.271 e. The van der Waals surface area contributed by atoms with Crippen LogP contribution in [-0.2, 0) is 10.0 Å². The van der Waals surface area contributed by atoms with E-state index >= 15 is 0 Å². The molecule has 1 aromatic heterocycles. The van der Waals surface area contributed by atoms with Crippen molar-refractivity contribution in [3.8, 4) is 6.07 Å². The number of benzene rings is 1. The highest BCUT2D eigenvalue weighted by atomic mass is 79.9. The summed E-state index contributed by atoms with van der Waals surface area (Å²) in [5, 5.41) is 8.71. The molecule has 1 N–H and O–H groups in total. The third kappa shape index (κ3) is 3.15. The van der Waals surface area contributed by atoms with E-state index in [1.54, 1.807) is 18.2 Å². The van der Waals surface area contributed by atoms with Crippen molar-refractivity contribution in [3.63, 3.8) is 0 Å². The summed E-state index contributed by atoms with van der Waals surface area (Å²) in [5.41, 5.74) is 1.43. The molecule has 2 aromatic rings. The summed E-state index contributed by atoms with van der Waals surface area (Å²) in [6, 6.07) is 10.0. The molecule has 0 aliphatic heterocycles. The van der Waals surface area contributed by atoms with Crippen LogP contribution < -0.4 is 4.72 Å². The molecule has 0 radical (unpaired) electrons. The van der Waals surface area contributed by atoms with Crippen molar-refractivity contribution in [2.75, 3.05) is 4.72 Å². The van der Waals surface area contributed by atoms with Crippen molar-refractivity contribution in [1.82, 2.24) is 0 Å². The lowest BCUT2D eigenvalue weighted by molar-refractivity contribution is 0.603. The largest absolute Gasteiger partial charge is 0.279 e. The molecule has 2 rings (SSSR count). The predicted molar refractivity (Wildman–Crippen MR) is 78.7 cm³/mol. The van der Waals surface area contributed by atoms with E-state index in [1.165, 1.54) is 12.1 Å². The molecule has 0 aliphatic carbocycles. The zero-order valence-corrected chi connectivity index (χ0v) is 13.1. The van der Waals surface area contributed by atoms with Crippen LogP contribution in [0.5, 0.6) is 0 Å². The van der Waals surface area contributed by atoms with E-state index in [4.69, 9.17) is 5.26 Å². The number of hydrogen-bond donors (Lipinski definition) is 1. The van der Waals surface area contributed by atoms with Crippen LogP contribution in [0.25, 0.3) is 0 Å². The Morgan fingerprint density at radius 1 is 1.32 bits per heavy atom. The van der Waals surface area contributed by atoms with E-state index in [2.05, 4.69) is 20.7 Å². The zero-order valence-electron chi connectivity index (χ0n) is 9.84. The molecule has 0 aliphatic rings. The van der Waals surface area contributed by atoms with Crippen LogP contribution in [0.1, 0.15) is 10.4 Å². The van der Waals surface area contributed by atoms with E-state index in [0.717, 1.165) is 21.4 Å². The van der Waals surface area contributed by atoms with Crippen LogP contribution in [0.4, 0.5) is 5.69 Å². The molecule has 0 spiro atoms. The van der Waals surface area contributed by atoms with Gasteiger partial charge in [-0.25, -0.2) is 8.42 Å². The van der Waals surface area contributed by atoms with Crippen molar-refractivity contribution in [1.29, 1.82) is 5.26 Å². The number of aryl methyl sites for hydroxylation is 1. The zero-order chi connectivity index (χ0) is 14.0. The van der Waals surface area contributed by atoms with Gasteiger partial charge in [0, 0.05) is 10.2 Å². The van der Waals surface area contributed by atoms with Gasteiger partial charge >= 0.3 is 0 Å². The highest BCUT2D eigenvalue weighted by Gasteiger charge is 2.17. The molecule has 1 heterocycles. The Labute approximate surface area is 123 Å². The van der Waals surface area contributed by atoms with Crippen molar-refractivity contribution >= 4 is 43.0 Å². The molecule has 98 valence electrons. The fourth-order valence-electron chi connectivity index (χ4n) is 1.44. The second kappa shape index (κ2) is 5.33. The Morgan fingerprint density at radius 2 is 2.05 bits per heavy atom. The lowest BCUT2D eigenvalue weighted by atomic mass is 10.2. The summed E-state index contributed by atoms with van der Waals surface area (Å²) in [7, 11) is -3.63. The molecule has 0 saturated carbocycles. The quantitative estimate of drug-likeness (QED) is 0.914. The van der Waals surface area contributed by atoms with Crippen molar-refractivity contribution < 1.29 is 8.42 Å². The summed E-state index contributed by atoms with van der Waals surface area (Å²) >= 11 is 4.30. The van der Waals surface area contributed by atoms with Gasteiger partial charge in [-0.2, -0.15) is 5.26 Å². The second-order valence-electron chi connectivity index (χ2n) is 3.80. The fourth-order valence-corrected chi connectivity index (χ4v) is 3.84. The second-order valence-corrected chi connectivity index (χ2v) is 7.65. The van der Waals surface area contributed by atoms with Crippen LogP contribution in [0, 0.1) is 18.3 Å². The van der Waals surface area contributed by atoms with Gasteiger partial charge in [-0.1, -0.05) is 15.9 Å². The summed E-state index contributed by atoms with van der Waals surface area (Å²) in [4.78, 5) is 0.368. The Bertz CT molecular complexity index is 760. The first-order valence-electron chi connectivity index (χ1n) is 5.21. The monoisotopic (exact) mass is 356 g/mol. The summed E-state index contributed by atoms with van der Waals surface area (Å²) in [5.74, 6) is 0. The van der Waals surface area contributed by atoms with Gasteiger partial charge in [-0.3, -0.25) is 4.72 Å². The first-order chi connectivity index (χ1) is 8.92. The average Bonchev–Trinajstić information content (AvgIpc) is 2.83. The molecule has 0 fully saturated rings. The molecule has 4 nitrogen and oxygen atoms in total. The number of rotatable bonds is 3. The van der Waals surface area contributed by atoms with Gasteiger partial charge in [0.05, 0.1) is 0 Å². The summed E-state index contributed by atoms with van der Waals surface area (Å²) in [6.07, 6.45) is 0. The van der Waals surface area contributed by atoms with Gasteiger partial charge in [0.2, 0.25) is 0 Å². The molecular formula is C12H9BrN2O2S2. The Kier molecular flexibility index (Phi) is 3.94. The number of nitriles is 1. The SMILES string of the molecule is Cc1cc(NS(=O)(=O)c2ccc(C#N)s2)ccc1Br. The number of thiophene rings is 1. The van der Waals surface area contributed by atoms with Crippen LogP contribution in [0.2, 0.25) is 0 Å². The van der Waals surface area contributed by atoms with E-state index < -0.39 is 10.0 Å². The van der Waals surface area contributed by atoms with Crippen molar-refractivity contribution in [3.05, 3.63) is 45.2 Å². The van der Waals surface area contributed by atoms with Crippen LogP contribution >= 0.6 is 27.3 Å². The number of nitrogens with zero attached hydrogens (tertiary/aromatic N) is 1. The summed E-state index contributed by atoms with van der Waals surface area (Å²) in [6.45, 7) is 1.88. The number of hydrogen-bond acceptors (Lipinski definition) is 4. The minimum Gasteiger partial charge on any atom is -0.279 e. The van der Waals surface area contributed by atoms with Gasteiger partial charge in [0.25, 0.3) is 10.0 Å². The maximum Gasteiger partial charge on any atom is 0.271 e. The maximum atomic E-state index is 12.1. The van der Waals surface area contributed by atoms with E-state index in [9.17, 15) is 8.42 Å². The molecule has 7 heteroatoms. The Hall–Kier alpha value is -1.36. The van der Waals surface area contributed by atoms with E-state index in [-0.39, 0.29) is 4.21 Å². The van der Waals surface area contributed by atoms with Gasteiger partial charge < -0.3 is 0 Å². The average molecular weight is 357 g/mol. The first-order valence-corrected chi connectivity index (χ1v) is 8.30. The molecule has 0 bridgehead atoms. The van der Waals surface area contributed by atoms with E-state index in [1.807, 2.05) is 13.0 Å². The van der Waals surface area contributed by atoms with Crippen molar-refractivity contribution in [2.45, 2.75) is 11.1 Å². The van der Waals surface area contributed by atoms with Crippen LogP contribution in [-0.4, -0.2) is 8.42 Å². The maximum absolute atomic E-state index is 12.1. The number of anilines is 1. The predicted octanol–water partition coefficient (Wildman–Crippen LogP) is 3.49. The number of halogens is 1. The van der Waals surface area contributed by atoms with Crippen LogP contribution in [0.15, 0.2) is 39.0 Å². The fraction of sp³-hybridized carbons (Fsp3) is 0.0833. The van der Waals surface area contributed by atoms with Crippen LogP contribution in [0.3, 0.4) is 0 Å². The van der Waals surface area contributed by atoms with Gasteiger partial charge in [0.1, 0.15) is 15.2 Å². The van der Waals surface area contributed by atoms with E-state index in [0.29, 0.717) is 10.6 Å². The van der Waals surface area contributed by atoms with Gasteiger partial charge in [-0.05, 0) is 42.8 Å². The molecular weight excluding hydrogens is 348 g/mol. The first kappa shape index (κ1) is 14.1. The highest BCUT2D eigenvalue weighted by molar-refractivity contribution is 9.10. The Balaban J connectivity index is 2.31. The molecule has 0 atom stereocenters. The molecule has 19 heavy (non-hydrogen) atoms.